The van der Waals surface area contributed by atoms with Gasteiger partial charge in [0.1, 0.15) is 0 Å². The van der Waals surface area contributed by atoms with Crippen LogP contribution >= 0.6 is 11.6 Å². The predicted octanol–water partition coefficient (Wildman–Crippen LogP) is 5.76. The van der Waals surface area contributed by atoms with Crippen LogP contribution in [0.1, 0.15) is 26.3 Å². The number of hydrogen-bond acceptors (Lipinski definition) is 5. The summed E-state index contributed by atoms with van der Waals surface area (Å²) in [5.41, 5.74) is 5.40. The van der Waals surface area contributed by atoms with Crippen LogP contribution in [0.25, 0.3) is 0 Å². The maximum absolute atomic E-state index is 12.0. The number of carbonyl (C=O) groups is 2. The number of nitrogens with one attached hydrogen (secondary N) is 1. The molecule has 0 fully saturated rings. The van der Waals surface area contributed by atoms with Gasteiger partial charge in [-0.3, -0.25) is 4.79 Å². The molecule has 0 spiro atoms. The number of hydrogen-bond donors (Lipinski definition) is 1. The normalized spacial score (nSPS) is 10.6. The van der Waals surface area contributed by atoms with Crippen LogP contribution < -0.4 is 5.48 Å². The van der Waals surface area contributed by atoms with E-state index in [9.17, 15) is 9.59 Å². The molecule has 0 saturated carbocycles. The van der Waals surface area contributed by atoms with Gasteiger partial charge in [0.25, 0.3) is 5.91 Å². The van der Waals surface area contributed by atoms with Crippen molar-refractivity contribution in [1.82, 2.24) is 0 Å². The van der Waals surface area contributed by atoms with E-state index in [2.05, 4.69) is 15.7 Å². The number of azo groups is 1. The Labute approximate surface area is 166 Å². The second-order valence-corrected chi connectivity index (χ2v) is 6.36. The Morgan fingerprint density at radius 3 is 2.36 bits per heavy atom. The second-order valence-electron chi connectivity index (χ2n) is 5.92. The highest BCUT2D eigenvalue weighted by atomic mass is 35.5. The largest absolute Gasteiger partial charge is 0.362 e. The number of aryl methyl sites for hydroxylation is 1. The number of benzene rings is 3. The number of carbonyl (C=O) groups excluding carboxylic acids is 2. The van der Waals surface area contributed by atoms with E-state index in [4.69, 9.17) is 16.4 Å². The quantitative estimate of drug-likeness (QED) is 0.441. The maximum atomic E-state index is 12.0. The van der Waals surface area contributed by atoms with E-state index >= 15 is 0 Å². The SMILES string of the molecule is Cc1cccc(C(=O)ONc2ccc(N=NC(=O)c3cccc(Cl)c3)cc2)c1. The molecule has 1 amide bonds. The molecule has 0 aliphatic heterocycles. The van der Waals surface area contributed by atoms with Gasteiger partial charge in [-0.05, 0) is 61.5 Å². The van der Waals surface area contributed by atoms with Crippen molar-refractivity contribution in [3.8, 4) is 0 Å². The summed E-state index contributed by atoms with van der Waals surface area (Å²) >= 11 is 5.85. The molecule has 7 heteroatoms. The van der Waals surface area contributed by atoms with Crippen LogP contribution in [-0.2, 0) is 4.84 Å². The number of rotatable bonds is 5. The van der Waals surface area contributed by atoms with Gasteiger partial charge in [-0.1, -0.05) is 35.4 Å². The molecule has 3 rings (SSSR count). The van der Waals surface area contributed by atoms with Crippen LogP contribution in [0, 0.1) is 6.92 Å². The molecule has 0 radical (unpaired) electrons. The molecule has 140 valence electrons. The standard InChI is InChI=1S/C21H16ClN3O3/c1-14-4-2-6-16(12-14)21(27)28-25-19-10-8-18(9-11-19)23-24-20(26)15-5-3-7-17(22)13-15/h2-13,25H,1H3. The van der Waals surface area contributed by atoms with Crippen molar-refractivity contribution in [2.75, 3.05) is 5.48 Å². The van der Waals surface area contributed by atoms with Gasteiger partial charge in [-0.25, -0.2) is 10.3 Å². The summed E-state index contributed by atoms with van der Waals surface area (Å²) in [7, 11) is 0. The van der Waals surface area contributed by atoms with Crippen LogP contribution in [0.4, 0.5) is 11.4 Å². The topological polar surface area (TPSA) is 80.1 Å². The average Bonchev–Trinajstić information content (AvgIpc) is 2.71. The Morgan fingerprint density at radius 1 is 0.929 bits per heavy atom. The van der Waals surface area contributed by atoms with Crippen molar-refractivity contribution in [2.24, 2.45) is 10.2 Å². The van der Waals surface area contributed by atoms with Gasteiger partial charge in [0.05, 0.1) is 16.9 Å². The van der Waals surface area contributed by atoms with Crippen LogP contribution in [0.5, 0.6) is 0 Å². The maximum Gasteiger partial charge on any atom is 0.362 e. The third kappa shape index (κ3) is 5.25. The highest BCUT2D eigenvalue weighted by Crippen LogP contribution is 2.18. The van der Waals surface area contributed by atoms with Gasteiger partial charge >= 0.3 is 5.97 Å². The molecule has 3 aromatic carbocycles. The lowest BCUT2D eigenvalue weighted by Crippen LogP contribution is -2.10. The first-order valence-corrected chi connectivity index (χ1v) is 8.74. The van der Waals surface area contributed by atoms with Crippen molar-refractivity contribution >= 4 is 34.9 Å². The lowest BCUT2D eigenvalue weighted by atomic mass is 10.1. The molecular weight excluding hydrogens is 378 g/mol. The summed E-state index contributed by atoms with van der Waals surface area (Å²) in [5.74, 6) is -0.976. The molecule has 6 nitrogen and oxygen atoms in total. The Kier molecular flexibility index (Phi) is 6.14. The monoisotopic (exact) mass is 393 g/mol. The molecule has 0 unspecified atom stereocenters. The number of halogens is 1. The minimum absolute atomic E-state index is 0.359. The van der Waals surface area contributed by atoms with Gasteiger partial charge in [0.2, 0.25) is 0 Å². The fourth-order valence-electron chi connectivity index (χ4n) is 2.31. The van der Waals surface area contributed by atoms with Gasteiger partial charge in [-0.15, -0.1) is 10.2 Å². The average molecular weight is 394 g/mol. The van der Waals surface area contributed by atoms with Crippen LogP contribution in [0.2, 0.25) is 5.02 Å². The molecule has 0 heterocycles. The van der Waals surface area contributed by atoms with Crippen molar-refractivity contribution in [3.05, 3.63) is 94.5 Å². The molecule has 0 bridgehead atoms. The van der Waals surface area contributed by atoms with Gasteiger partial charge in [-0.2, -0.15) is 0 Å². The number of nitrogens with zero attached hydrogens (tertiary/aromatic N) is 2. The van der Waals surface area contributed by atoms with Gasteiger partial charge in [0.15, 0.2) is 0 Å². The van der Waals surface area contributed by atoms with Crippen molar-refractivity contribution in [3.63, 3.8) is 0 Å². The molecule has 1 N–H and O–H groups in total. The van der Waals surface area contributed by atoms with E-state index in [0.29, 0.717) is 27.5 Å². The van der Waals surface area contributed by atoms with Gasteiger partial charge in [0, 0.05) is 10.6 Å². The number of anilines is 1. The molecular formula is C21H16ClN3O3. The first-order valence-electron chi connectivity index (χ1n) is 8.37. The zero-order chi connectivity index (χ0) is 19.9. The fraction of sp³-hybridized carbons (Fsp3) is 0.0476. The second kappa shape index (κ2) is 8.92. The molecule has 0 aromatic heterocycles. The Balaban J connectivity index is 1.57. The summed E-state index contributed by atoms with van der Waals surface area (Å²) in [6.07, 6.45) is 0. The molecule has 0 saturated heterocycles. The Bertz CT molecular complexity index is 1030. The summed E-state index contributed by atoms with van der Waals surface area (Å²) in [6, 6.07) is 20.2. The minimum atomic E-state index is -0.489. The zero-order valence-electron chi connectivity index (χ0n) is 14.9. The van der Waals surface area contributed by atoms with E-state index in [0.717, 1.165) is 5.56 Å². The summed E-state index contributed by atoms with van der Waals surface area (Å²) < 4.78 is 0. The molecule has 3 aromatic rings. The van der Waals surface area contributed by atoms with Gasteiger partial charge < -0.3 is 4.84 Å². The molecule has 0 aliphatic carbocycles. The highest BCUT2D eigenvalue weighted by molar-refractivity contribution is 6.30. The third-order valence-electron chi connectivity index (χ3n) is 3.71. The van der Waals surface area contributed by atoms with E-state index in [1.165, 1.54) is 6.07 Å². The van der Waals surface area contributed by atoms with Crippen LogP contribution in [-0.4, -0.2) is 11.9 Å². The van der Waals surface area contributed by atoms with E-state index in [1.54, 1.807) is 60.7 Å². The van der Waals surface area contributed by atoms with E-state index in [-0.39, 0.29) is 0 Å². The Hall–Kier alpha value is -3.51. The smallest absolute Gasteiger partial charge is 0.338 e. The van der Waals surface area contributed by atoms with Crippen LogP contribution in [0.3, 0.4) is 0 Å². The fourth-order valence-corrected chi connectivity index (χ4v) is 2.51. The van der Waals surface area contributed by atoms with Crippen molar-refractivity contribution in [2.45, 2.75) is 6.92 Å². The molecule has 0 aliphatic rings. The predicted molar refractivity (Wildman–Crippen MR) is 107 cm³/mol. The molecule has 0 atom stereocenters. The zero-order valence-corrected chi connectivity index (χ0v) is 15.7. The summed E-state index contributed by atoms with van der Waals surface area (Å²) in [4.78, 5) is 29.1. The first-order chi connectivity index (χ1) is 13.5. The van der Waals surface area contributed by atoms with Crippen molar-refractivity contribution < 1.29 is 14.4 Å². The third-order valence-corrected chi connectivity index (χ3v) is 3.95. The summed E-state index contributed by atoms with van der Waals surface area (Å²) in [6.45, 7) is 1.90. The minimum Gasteiger partial charge on any atom is -0.338 e. The lowest BCUT2D eigenvalue weighted by molar-refractivity contribution is 0.0596. The van der Waals surface area contributed by atoms with Crippen LogP contribution in [0.15, 0.2) is 83.0 Å². The Morgan fingerprint density at radius 2 is 1.64 bits per heavy atom. The number of amides is 1. The van der Waals surface area contributed by atoms with Crippen molar-refractivity contribution in [1.29, 1.82) is 0 Å². The lowest BCUT2D eigenvalue weighted by Gasteiger charge is -2.07. The summed E-state index contributed by atoms with van der Waals surface area (Å²) in [5, 5.41) is 8.04. The van der Waals surface area contributed by atoms with E-state index in [1.807, 2.05) is 13.0 Å². The highest BCUT2D eigenvalue weighted by Gasteiger charge is 2.08. The first kappa shape index (κ1) is 19.3. The van der Waals surface area contributed by atoms with E-state index < -0.39 is 11.9 Å². The molecule has 28 heavy (non-hydrogen) atoms.